The van der Waals surface area contributed by atoms with E-state index >= 15 is 0 Å². The van der Waals surface area contributed by atoms with Crippen LogP contribution in [-0.4, -0.2) is 47.6 Å². The van der Waals surface area contributed by atoms with Gasteiger partial charge in [0.25, 0.3) is 11.5 Å². The van der Waals surface area contributed by atoms with E-state index in [1.165, 1.54) is 23.8 Å². The number of carbonyl (C=O) groups excluding carboxylic acids is 1. The minimum absolute atomic E-state index is 0.125. The monoisotopic (exact) mass is 536 g/mol. The van der Waals surface area contributed by atoms with Crippen LogP contribution in [0.5, 0.6) is 11.5 Å². The molecule has 0 N–H and O–H groups in total. The fourth-order valence-electron chi connectivity index (χ4n) is 4.55. The highest BCUT2D eigenvalue weighted by Gasteiger charge is 2.35. The van der Waals surface area contributed by atoms with Crippen LogP contribution >= 0.6 is 11.3 Å². The Hall–Kier alpha value is -4.25. The molecule has 3 aromatic rings. The van der Waals surface area contributed by atoms with Crippen LogP contribution in [0.1, 0.15) is 37.9 Å². The van der Waals surface area contributed by atoms with E-state index in [0.29, 0.717) is 50.6 Å². The van der Waals surface area contributed by atoms with Crippen LogP contribution in [0.25, 0.3) is 6.08 Å². The van der Waals surface area contributed by atoms with Gasteiger partial charge >= 0.3 is 5.69 Å². The standard InChI is InChI=1S/C27H28N4O6S/c1-6-29(7-2)26(33)23-16(3)28-27-30(24(23)18-10-8-9-11-20(18)36-4)25(32)22(38-27)15-17-12-13-21(37-5)19(14-17)31(34)35/h8-15,24H,6-7H2,1-5H3/b22-15+/t24-/m1/s1. The average molecular weight is 537 g/mol. The van der Waals surface area contributed by atoms with Crippen LogP contribution in [0.2, 0.25) is 0 Å². The quantitative estimate of drug-likeness (QED) is 0.323. The van der Waals surface area contributed by atoms with E-state index in [-0.39, 0.29) is 22.9 Å². The minimum Gasteiger partial charge on any atom is -0.496 e. The van der Waals surface area contributed by atoms with Gasteiger partial charge in [-0.05, 0) is 44.5 Å². The van der Waals surface area contributed by atoms with Gasteiger partial charge < -0.3 is 14.4 Å². The van der Waals surface area contributed by atoms with Gasteiger partial charge in [-0.2, -0.15) is 0 Å². The number of nitrogens with zero attached hydrogens (tertiary/aromatic N) is 4. The molecular weight excluding hydrogens is 508 g/mol. The Balaban J connectivity index is 1.98. The first-order valence-corrected chi connectivity index (χ1v) is 12.8. The number of carbonyl (C=O) groups is 1. The summed E-state index contributed by atoms with van der Waals surface area (Å²) in [6.07, 6.45) is 1.58. The third-order valence-corrected chi connectivity index (χ3v) is 7.42. The maximum absolute atomic E-state index is 13.9. The summed E-state index contributed by atoms with van der Waals surface area (Å²) >= 11 is 1.16. The molecule has 1 aromatic heterocycles. The molecular formula is C27H28N4O6S. The molecule has 0 spiro atoms. The minimum atomic E-state index is -0.761. The Morgan fingerprint density at radius 2 is 1.84 bits per heavy atom. The first-order valence-electron chi connectivity index (χ1n) is 12.0. The molecule has 0 unspecified atom stereocenters. The number of hydrogen-bond donors (Lipinski definition) is 0. The summed E-state index contributed by atoms with van der Waals surface area (Å²) in [5.74, 6) is 0.463. The second-order valence-corrected chi connectivity index (χ2v) is 9.50. The zero-order valence-electron chi connectivity index (χ0n) is 21.8. The van der Waals surface area contributed by atoms with E-state index in [0.717, 1.165) is 11.3 Å². The smallest absolute Gasteiger partial charge is 0.311 e. The normalized spacial score (nSPS) is 15.1. The molecule has 0 fully saturated rings. The molecule has 1 amide bonds. The highest BCUT2D eigenvalue weighted by molar-refractivity contribution is 7.07. The van der Waals surface area contributed by atoms with Gasteiger partial charge in [0.15, 0.2) is 10.6 Å². The van der Waals surface area contributed by atoms with Crippen molar-refractivity contribution in [1.82, 2.24) is 9.47 Å². The molecule has 198 valence electrons. The van der Waals surface area contributed by atoms with Crippen molar-refractivity contribution < 1.29 is 19.2 Å². The van der Waals surface area contributed by atoms with Gasteiger partial charge in [0.1, 0.15) is 11.8 Å². The lowest BCUT2D eigenvalue weighted by Crippen LogP contribution is -2.43. The summed E-state index contributed by atoms with van der Waals surface area (Å²) in [6, 6.07) is 11.0. The van der Waals surface area contributed by atoms with Crippen LogP contribution in [0.4, 0.5) is 5.69 Å². The fourth-order valence-corrected chi connectivity index (χ4v) is 5.60. The molecule has 11 heteroatoms. The van der Waals surface area contributed by atoms with Crippen molar-refractivity contribution in [3.63, 3.8) is 0 Å². The number of likely N-dealkylation sites (N-methyl/N-ethyl adjacent to an activating group) is 1. The van der Waals surface area contributed by atoms with Crippen molar-refractivity contribution in [2.45, 2.75) is 26.8 Å². The van der Waals surface area contributed by atoms with Crippen molar-refractivity contribution in [1.29, 1.82) is 0 Å². The fraction of sp³-hybridized carbons (Fsp3) is 0.296. The molecule has 1 aliphatic heterocycles. The zero-order chi connectivity index (χ0) is 27.6. The molecule has 0 saturated heterocycles. The summed E-state index contributed by atoms with van der Waals surface area (Å²) in [7, 11) is 2.90. The molecule has 0 saturated carbocycles. The second kappa shape index (κ2) is 11.0. The molecule has 10 nitrogen and oxygen atoms in total. The molecule has 1 atom stereocenters. The van der Waals surface area contributed by atoms with Crippen LogP contribution in [0, 0.1) is 10.1 Å². The summed E-state index contributed by atoms with van der Waals surface area (Å²) in [5.41, 5.74) is 1.48. The first-order chi connectivity index (χ1) is 18.2. The topological polar surface area (TPSA) is 116 Å². The predicted octanol–water partition coefficient (Wildman–Crippen LogP) is 3.03. The highest BCUT2D eigenvalue weighted by atomic mass is 32.1. The number of para-hydroxylation sites is 1. The summed E-state index contributed by atoms with van der Waals surface area (Å²) in [4.78, 5) is 45.3. The number of aromatic nitrogens is 1. The number of allylic oxidation sites excluding steroid dienone is 1. The highest BCUT2D eigenvalue weighted by Crippen LogP contribution is 2.36. The zero-order valence-corrected chi connectivity index (χ0v) is 22.6. The van der Waals surface area contributed by atoms with Crippen LogP contribution < -0.4 is 24.4 Å². The van der Waals surface area contributed by atoms with Gasteiger partial charge in [-0.25, -0.2) is 4.99 Å². The van der Waals surface area contributed by atoms with Crippen molar-refractivity contribution in [2.24, 2.45) is 4.99 Å². The van der Waals surface area contributed by atoms with Crippen molar-refractivity contribution in [3.05, 3.63) is 94.7 Å². The number of ether oxygens (including phenoxy) is 2. The third kappa shape index (κ3) is 4.72. The molecule has 0 aliphatic carbocycles. The Bertz CT molecular complexity index is 1620. The Labute approximate surface area is 222 Å². The largest absolute Gasteiger partial charge is 0.496 e. The average Bonchev–Trinajstić information content (AvgIpc) is 3.22. The number of nitro groups is 1. The number of hydrogen-bond acceptors (Lipinski definition) is 8. The van der Waals surface area contributed by atoms with Gasteiger partial charge in [0.2, 0.25) is 0 Å². The number of benzene rings is 2. The van der Waals surface area contributed by atoms with Crippen LogP contribution in [0.3, 0.4) is 0 Å². The van der Waals surface area contributed by atoms with Crippen molar-refractivity contribution >= 4 is 29.0 Å². The molecule has 0 bridgehead atoms. The Morgan fingerprint density at radius 1 is 1.16 bits per heavy atom. The lowest BCUT2D eigenvalue weighted by atomic mass is 9.94. The Morgan fingerprint density at radius 3 is 2.47 bits per heavy atom. The van der Waals surface area contributed by atoms with Crippen LogP contribution in [-0.2, 0) is 4.79 Å². The third-order valence-electron chi connectivity index (χ3n) is 6.43. The predicted molar refractivity (Wildman–Crippen MR) is 144 cm³/mol. The maximum Gasteiger partial charge on any atom is 0.311 e. The molecule has 2 heterocycles. The molecule has 1 aliphatic rings. The van der Waals surface area contributed by atoms with E-state index in [1.54, 1.807) is 37.1 Å². The van der Waals surface area contributed by atoms with Crippen LogP contribution in [0.15, 0.2) is 63.5 Å². The van der Waals surface area contributed by atoms with E-state index in [1.807, 2.05) is 32.0 Å². The molecule has 2 aromatic carbocycles. The number of fused-ring (bicyclic) bond motifs is 1. The van der Waals surface area contributed by atoms with Gasteiger partial charge in [0, 0.05) is 24.7 Å². The Kier molecular flexibility index (Phi) is 7.77. The summed E-state index contributed by atoms with van der Waals surface area (Å²) in [6.45, 7) is 6.58. The summed E-state index contributed by atoms with van der Waals surface area (Å²) in [5, 5.41) is 11.5. The first kappa shape index (κ1) is 26.8. The molecule has 0 radical (unpaired) electrons. The molecule has 4 rings (SSSR count). The number of methoxy groups -OCH3 is 2. The van der Waals surface area contributed by atoms with Crippen molar-refractivity contribution in [2.75, 3.05) is 27.3 Å². The number of thiazole rings is 1. The number of nitro benzene ring substituents is 1. The lowest BCUT2D eigenvalue weighted by Gasteiger charge is -2.29. The van der Waals surface area contributed by atoms with Gasteiger partial charge in [-0.3, -0.25) is 24.3 Å². The second-order valence-electron chi connectivity index (χ2n) is 8.49. The SMILES string of the molecule is CCN(CC)C(=O)C1=C(C)N=c2s/c(=C/c3ccc(OC)c([N+](=O)[O-])c3)c(=O)n2[C@@H]1c1ccccc1OC. The van der Waals surface area contributed by atoms with Gasteiger partial charge in [0.05, 0.1) is 34.9 Å². The summed E-state index contributed by atoms with van der Waals surface area (Å²) < 4.78 is 12.5. The van der Waals surface area contributed by atoms with Crippen molar-refractivity contribution in [3.8, 4) is 11.5 Å². The van der Waals surface area contributed by atoms with E-state index in [9.17, 15) is 19.7 Å². The number of rotatable bonds is 8. The van der Waals surface area contributed by atoms with Gasteiger partial charge in [-0.1, -0.05) is 35.6 Å². The van der Waals surface area contributed by atoms with Gasteiger partial charge in [-0.15, -0.1) is 0 Å². The van der Waals surface area contributed by atoms with E-state index < -0.39 is 11.0 Å². The van der Waals surface area contributed by atoms with E-state index in [2.05, 4.69) is 4.99 Å². The maximum atomic E-state index is 13.9. The van der Waals surface area contributed by atoms with E-state index in [4.69, 9.17) is 9.47 Å². The lowest BCUT2D eigenvalue weighted by molar-refractivity contribution is -0.385. The number of amides is 1. The molecule has 38 heavy (non-hydrogen) atoms.